The van der Waals surface area contributed by atoms with Gasteiger partial charge in [-0.15, -0.1) is 0 Å². The summed E-state index contributed by atoms with van der Waals surface area (Å²) in [5.41, 5.74) is 9.43. The molecule has 0 saturated carbocycles. The van der Waals surface area contributed by atoms with Gasteiger partial charge in [0, 0.05) is 34.6 Å². The van der Waals surface area contributed by atoms with Crippen molar-refractivity contribution in [3.05, 3.63) is 66.1 Å². The summed E-state index contributed by atoms with van der Waals surface area (Å²) in [6.07, 6.45) is 0. The Morgan fingerprint density at radius 2 is 0.771 bits per heavy atom. The van der Waals surface area contributed by atoms with Gasteiger partial charge in [-0.05, 0) is 59.8 Å². The fraction of sp³-hybridized carbons (Fsp3) is 0.516. The molecule has 35 heavy (non-hydrogen) atoms. The average Bonchev–Trinajstić information content (AvgIpc) is 2.73. The quantitative estimate of drug-likeness (QED) is 0.185. The Labute approximate surface area is 230 Å². The molecule has 200 valence electrons. The minimum absolute atomic E-state index is 0. The van der Waals surface area contributed by atoms with Gasteiger partial charge in [0.25, 0.3) is 0 Å². The van der Waals surface area contributed by atoms with Crippen molar-refractivity contribution in [3.8, 4) is 0 Å². The molecule has 0 aliphatic heterocycles. The van der Waals surface area contributed by atoms with Gasteiger partial charge in [0.05, 0.1) is 22.8 Å². The van der Waals surface area contributed by atoms with Crippen molar-refractivity contribution in [2.45, 2.75) is 92.9 Å². The molecule has 0 bridgehead atoms. The largest absolute Gasteiger partial charge is 0.388 e. The third-order valence-corrected chi connectivity index (χ3v) is 5.77. The van der Waals surface area contributed by atoms with Crippen LogP contribution in [0, 0.1) is 7.43 Å². The summed E-state index contributed by atoms with van der Waals surface area (Å²) in [6.45, 7) is 22.1. The van der Waals surface area contributed by atoms with E-state index in [9.17, 15) is 0 Å². The molecular formula is C31H49N2OPd-. The third-order valence-electron chi connectivity index (χ3n) is 5.77. The van der Waals surface area contributed by atoms with Gasteiger partial charge in [-0.25, -0.2) is 0 Å². The first-order valence-corrected chi connectivity index (χ1v) is 12.2. The molecule has 0 unspecified atom stereocenters. The summed E-state index contributed by atoms with van der Waals surface area (Å²) in [5.74, 6) is 1.73. The van der Waals surface area contributed by atoms with E-state index in [1.807, 2.05) is 0 Å². The standard InChI is InChI=1S/C28H40N2.C2H6O.CH3.Pd/c1-17(2)23-13-11-14-24(18(3)4)27(23)29-21(9)22(10)30-28-25(19(5)6)15-12-16-26(28)20(7)8;1-3-2;;/h11-20H,1-10H3;1-2H3;1H3;/q;;-1;. The Bertz CT molecular complexity index is 826. The number of hydrogen-bond donors (Lipinski definition) is 0. The van der Waals surface area contributed by atoms with Crippen molar-refractivity contribution in [2.24, 2.45) is 9.98 Å². The van der Waals surface area contributed by atoms with Crippen LogP contribution in [0.1, 0.15) is 115 Å². The minimum atomic E-state index is 0. The number of nitrogens with zero attached hydrogens (tertiary/aromatic N) is 2. The Morgan fingerprint density at radius 1 is 0.571 bits per heavy atom. The number of para-hydroxylation sites is 2. The summed E-state index contributed by atoms with van der Waals surface area (Å²) < 4.78 is 4.25. The SMILES string of the molecule is CC(=Nc1c(C(C)C)cccc1C(C)C)C(C)=Nc1c(C(C)C)cccc1C(C)C.COC.[CH3-].[Pd]. The van der Waals surface area contributed by atoms with Crippen molar-refractivity contribution in [1.82, 2.24) is 0 Å². The summed E-state index contributed by atoms with van der Waals surface area (Å²) in [4.78, 5) is 10.3. The van der Waals surface area contributed by atoms with Crippen LogP contribution >= 0.6 is 0 Å². The molecule has 2 rings (SSSR count). The fourth-order valence-corrected chi connectivity index (χ4v) is 3.78. The van der Waals surface area contributed by atoms with E-state index in [1.165, 1.54) is 22.3 Å². The zero-order valence-corrected chi connectivity index (χ0v) is 25.9. The van der Waals surface area contributed by atoms with Crippen molar-refractivity contribution in [3.63, 3.8) is 0 Å². The number of hydrogen-bond acceptors (Lipinski definition) is 3. The van der Waals surface area contributed by atoms with Gasteiger partial charge in [-0.3, -0.25) is 9.98 Å². The van der Waals surface area contributed by atoms with Gasteiger partial charge in [-0.1, -0.05) is 91.8 Å². The normalized spacial score (nSPS) is 11.9. The number of rotatable bonds is 7. The fourth-order valence-electron chi connectivity index (χ4n) is 3.78. The van der Waals surface area contributed by atoms with E-state index in [-0.39, 0.29) is 27.8 Å². The molecule has 0 N–H and O–H groups in total. The average molecular weight is 572 g/mol. The van der Waals surface area contributed by atoms with Gasteiger partial charge >= 0.3 is 0 Å². The molecule has 0 fully saturated rings. The van der Waals surface area contributed by atoms with Gasteiger partial charge in [0.15, 0.2) is 0 Å². The number of ether oxygens (including phenoxy) is 1. The summed E-state index contributed by atoms with van der Waals surface area (Å²) in [6, 6.07) is 13.2. The third kappa shape index (κ3) is 10.1. The Morgan fingerprint density at radius 3 is 0.943 bits per heavy atom. The van der Waals surface area contributed by atoms with Crippen LogP contribution in [0.3, 0.4) is 0 Å². The van der Waals surface area contributed by atoms with E-state index < -0.39 is 0 Å². The second kappa shape index (κ2) is 17.0. The first kappa shape index (κ1) is 35.6. The summed E-state index contributed by atoms with van der Waals surface area (Å²) >= 11 is 0. The Hall–Kier alpha value is -1.60. The molecule has 0 saturated heterocycles. The molecule has 0 radical (unpaired) electrons. The van der Waals surface area contributed by atoms with Crippen molar-refractivity contribution < 1.29 is 25.2 Å². The molecule has 0 amide bonds. The smallest absolute Gasteiger partial charge is 0.0702 e. The maximum Gasteiger partial charge on any atom is 0.0702 e. The van der Waals surface area contributed by atoms with Crippen LogP contribution < -0.4 is 0 Å². The number of benzene rings is 2. The van der Waals surface area contributed by atoms with E-state index in [2.05, 4.69) is 110 Å². The first-order chi connectivity index (χ1) is 15.5. The first-order valence-electron chi connectivity index (χ1n) is 12.2. The number of aliphatic imine (C=N–C) groups is 2. The van der Waals surface area contributed by atoms with Crippen LogP contribution in [-0.2, 0) is 25.2 Å². The summed E-state index contributed by atoms with van der Waals surface area (Å²) in [7, 11) is 3.25. The maximum atomic E-state index is 5.13. The zero-order chi connectivity index (χ0) is 25.3. The Kier molecular flexibility index (Phi) is 17.2. The molecule has 2 aromatic carbocycles. The monoisotopic (exact) mass is 571 g/mol. The van der Waals surface area contributed by atoms with Crippen LogP contribution in [0.5, 0.6) is 0 Å². The van der Waals surface area contributed by atoms with E-state index in [0.29, 0.717) is 23.7 Å². The van der Waals surface area contributed by atoms with E-state index in [4.69, 9.17) is 9.98 Å². The van der Waals surface area contributed by atoms with Crippen LogP contribution in [0.2, 0.25) is 0 Å². The van der Waals surface area contributed by atoms with Crippen LogP contribution in [0.4, 0.5) is 11.4 Å². The number of methoxy groups -OCH3 is 1. The van der Waals surface area contributed by atoms with Crippen molar-refractivity contribution in [1.29, 1.82) is 0 Å². The van der Waals surface area contributed by atoms with E-state index in [1.54, 1.807) is 14.2 Å². The Balaban J connectivity index is 0. The maximum absolute atomic E-state index is 5.13. The van der Waals surface area contributed by atoms with Crippen LogP contribution in [-0.4, -0.2) is 25.6 Å². The molecule has 0 atom stereocenters. The molecule has 0 aliphatic carbocycles. The van der Waals surface area contributed by atoms with Gasteiger partial charge < -0.3 is 12.2 Å². The topological polar surface area (TPSA) is 34.0 Å². The molecule has 4 heteroatoms. The molecule has 0 heterocycles. The zero-order valence-electron chi connectivity index (χ0n) is 24.4. The minimum Gasteiger partial charge on any atom is -0.388 e. The van der Waals surface area contributed by atoms with Gasteiger partial charge in [0.1, 0.15) is 0 Å². The molecule has 2 aromatic rings. The van der Waals surface area contributed by atoms with Crippen LogP contribution in [0.15, 0.2) is 46.4 Å². The van der Waals surface area contributed by atoms with Crippen molar-refractivity contribution in [2.75, 3.05) is 14.2 Å². The van der Waals surface area contributed by atoms with E-state index >= 15 is 0 Å². The van der Waals surface area contributed by atoms with Gasteiger partial charge in [0.2, 0.25) is 0 Å². The second-order valence-electron chi connectivity index (χ2n) is 9.99. The van der Waals surface area contributed by atoms with Gasteiger partial charge in [-0.2, -0.15) is 0 Å². The summed E-state index contributed by atoms with van der Waals surface area (Å²) in [5, 5.41) is 0. The predicted octanol–water partition coefficient (Wildman–Crippen LogP) is 9.78. The van der Waals surface area contributed by atoms with Crippen LogP contribution in [0.25, 0.3) is 0 Å². The molecular weight excluding hydrogens is 523 g/mol. The molecule has 0 aromatic heterocycles. The molecule has 3 nitrogen and oxygen atoms in total. The predicted molar refractivity (Wildman–Crippen MR) is 154 cm³/mol. The molecule has 0 spiro atoms. The van der Waals surface area contributed by atoms with E-state index in [0.717, 1.165) is 22.8 Å². The molecule has 0 aliphatic rings. The van der Waals surface area contributed by atoms with Crippen molar-refractivity contribution >= 4 is 22.8 Å². The second-order valence-corrected chi connectivity index (χ2v) is 9.99.